The van der Waals surface area contributed by atoms with Crippen molar-refractivity contribution in [2.45, 2.75) is 6.54 Å². The summed E-state index contributed by atoms with van der Waals surface area (Å²) in [6.45, 7) is 3.83. The number of nitrogens with one attached hydrogen (secondary N) is 1. The van der Waals surface area contributed by atoms with Crippen molar-refractivity contribution >= 4 is 46.2 Å². The number of hydrogen-bond donors (Lipinski definition) is 1. The third-order valence-electron chi connectivity index (χ3n) is 3.79. The van der Waals surface area contributed by atoms with Crippen molar-refractivity contribution in [1.29, 1.82) is 0 Å². The number of anilines is 2. The van der Waals surface area contributed by atoms with Crippen LogP contribution in [-0.2, 0) is 11.3 Å². The second-order valence-corrected chi connectivity index (χ2v) is 6.63. The van der Waals surface area contributed by atoms with Crippen LogP contribution in [0.4, 0.5) is 11.4 Å². The highest BCUT2D eigenvalue weighted by atomic mass is 35.5. The average Bonchev–Trinajstić information content (AvgIpc) is 2.55. The fourth-order valence-corrected chi connectivity index (χ4v) is 3.23. The molecule has 6 heteroatoms. The van der Waals surface area contributed by atoms with E-state index in [-0.39, 0.29) is 0 Å². The number of halogens is 3. The minimum Gasteiger partial charge on any atom is -0.379 e. The van der Waals surface area contributed by atoms with E-state index >= 15 is 0 Å². The fourth-order valence-electron chi connectivity index (χ4n) is 2.59. The Bertz CT molecular complexity index is 688. The van der Waals surface area contributed by atoms with Gasteiger partial charge in [-0.05, 0) is 35.9 Å². The van der Waals surface area contributed by atoms with Gasteiger partial charge in [0.05, 0.1) is 24.6 Å². The van der Waals surface area contributed by atoms with Crippen LogP contribution in [0.3, 0.4) is 0 Å². The predicted octanol–water partition coefficient (Wildman–Crippen LogP) is 5.10. The smallest absolute Gasteiger partial charge is 0.0642 e. The van der Waals surface area contributed by atoms with Crippen LogP contribution in [0.1, 0.15) is 5.56 Å². The monoisotopic (exact) mass is 370 g/mol. The molecule has 1 aliphatic rings. The summed E-state index contributed by atoms with van der Waals surface area (Å²) in [6.07, 6.45) is 0. The first-order valence-electron chi connectivity index (χ1n) is 7.43. The number of ether oxygens (including phenoxy) is 1. The van der Waals surface area contributed by atoms with E-state index in [0.717, 1.165) is 43.2 Å². The lowest BCUT2D eigenvalue weighted by atomic mass is 10.2. The number of benzene rings is 2. The standard InChI is InChI=1S/C17H17Cl3N2O/c18-13-2-1-12(15(20)9-13)11-21-16-10-14(19)3-4-17(16)22-5-7-23-8-6-22/h1-4,9-10,21H,5-8,11H2. The van der Waals surface area contributed by atoms with Gasteiger partial charge in [-0.15, -0.1) is 0 Å². The van der Waals surface area contributed by atoms with E-state index in [1.54, 1.807) is 6.07 Å². The molecule has 1 aliphatic heterocycles. The molecule has 2 aromatic rings. The fraction of sp³-hybridized carbons (Fsp3) is 0.294. The van der Waals surface area contributed by atoms with Crippen LogP contribution in [0.2, 0.25) is 15.1 Å². The summed E-state index contributed by atoms with van der Waals surface area (Å²) >= 11 is 18.3. The Morgan fingerprint density at radius 2 is 1.65 bits per heavy atom. The van der Waals surface area contributed by atoms with Crippen LogP contribution in [0.5, 0.6) is 0 Å². The van der Waals surface area contributed by atoms with Crippen molar-refractivity contribution < 1.29 is 4.74 Å². The molecule has 3 rings (SSSR count). The van der Waals surface area contributed by atoms with Gasteiger partial charge in [0.2, 0.25) is 0 Å². The van der Waals surface area contributed by atoms with Gasteiger partial charge in [0.25, 0.3) is 0 Å². The molecule has 3 nitrogen and oxygen atoms in total. The lowest BCUT2D eigenvalue weighted by molar-refractivity contribution is 0.123. The van der Waals surface area contributed by atoms with E-state index in [0.29, 0.717) is 21.6 Å². The molecule has 0 atom stereocenters. The molecule has 2 aromatic carbocycles. The molecule has 0 saturated carbocycles. The molecule has 0 aliphatic carbocycles. The molecule has 0 radical (unpaired) electrons. The molecule has 0 aromatic heterocycles. The first kappa shape index (κ1) is 16.7. The Morgan fingerprint density at radius 1 is 0.957 bits per heavy atom. The van der Waals surface area contributed by atoms with Crippen molar-refractivity contribution in [3.05, 3.63) is 57.0 Å². The zero-order valence-electron chi connectivity index (χ0n) is 12.5. The van der Waals surface area contributed by atoms with Gasteiger partial charge in [0, 0.05) is 34.7 Å². The number of rotatable bonds is 4. The van der Waals surface area contributed by atoms with E-state index in [2.05, 4.69) is 10.2 Å². The molecule has 1 N–H and O–H groups in total. The van der Waals surface area contributed by atoms with Gasteiger partial charge >= 0.3 is 0 Å². The van der Waals surface area contributed by atoms with Gasteiger partial charge in [0.15, 0.2) is 0 Å². The highest BCUT2D eigenvalue weighted by Crippen LogP contribution is 2.31. The molecule has 23 heavy (non-hydrogen) atoms. The molecule has 1 fully saturated rings. The highest BCUT2D eigenvalue weighted by molar-refractivity contribution is 6.35. The zero-order valence-corrected chi connectivity index (χ0v) is 14.8. The van der Waals surface area contributed by atoms with Gasteiger partial charge in [-0.25, -0.2) is 0 Å². The molecule has 0 spiro atoms. The van der Waals surface area contributed by atoms with Crippen LogP contribution in [0.25, 0.3) is 0 Å². The summed E-state index contributed by atoms with van der Waals surface area (Å²) in [4.78, 5) is 2.30. The molecular formula is C17H17Cl3N2O. The summed E-state index contributed by atoms with van der Waals surface area (Å²) in [5, 5.41) is 5.42. The van der Waals surface area contributed by atoms with E-state index in [1.807, 2.05) is 30.3 Å². The summed E-state index contributed by atoms with van der Waals surface area (Å²) in [5.41, 5.74) is 3.11. The van der Waals surface area contributed by atoms with Crippen molar-refractivity contribution in [2.24, 2.45) is 0 Å². The number of nitrogens with zero attached hydrogens (tertiary/aromatic N) is 1. The van der Waals surface area contributed by atoms with E-state index in [1.165, 1.54) is 0 Å². The first-order valence-corrected chi connectivity index (χ1v) is 8.57. The van der Waals surface area contributed by atoms with Crippen LogP contribution >= 0.6 is 34.8 Å². The van der Waals surface area contributed by atoms with Gasteiger partial charge in [-0.2, -0.15) is 0 Å². The summed E-state index contributed by atoms with van der Waals surface area (Å²) in [7, 11) is 0. The Balaban J connectivity index is 1.79. The largest absolute Gasteiger partial charge is 0.379 e. The van der Waals surface area contributed by atoms with Crippen LogP contribution in [-0.4, -0.2) is 26.3 Å². The Morgan fingerprint density at radius 3 is 2.39 bits per heavy atom. The molecule has 0 unspecified atom stereocenters. The zero-order chi connectivity index (χ0) is 16.2. The second kappa shape index (κ2) is 7.63. The first-order chi connectivity index (χ1) is 11.1. The Hall–Kier alpha value is -1.13. The second-order valence-electron chi connectivity index (χ2n) is 5.35. The third-order valence-corrected chi connectivity index (χ3v) is 4.62. The SMILES string of the molecule is Clc1ccc(CNc2cc(Cl)ccc2N2CCOCC2)c(Cl)c1. The van der Waals surface area contributed by atoms with Crippen LogP contribution < -0.4 is 10.2 Å². The maximum Gasteiger partial charge on any atom is 0.0642 e. The van der Waals surface area contributed by atoms with Gasteiger partial charge in [-0.3, -0.25) is 0 Å². The van der Waals surface area contributed by atoms with Crippen molar-refractivity contribution in [2.75, 3.05) is 36.5 Å². The molecule has 1 heterocycles. The lowest BCUT2D eigenvalue weighted by Gasteiger charge is -2.31. The van der Waals surface area contributed by atoms with E-state index in [4.69, 9.17) is 39.5 Å². The number of hydrogen-bond acceptors (Lipinski definition) is 3. The predicted molar refractivity (Wildman–Crippen MR) is 98.3 cm³/mol. The maximum atomic E-state index is 6.24. The molecule has 122 valence electrons. The summed E-state index contributed by atoms with van der Waals surface area (Å²) in [6, 6.07) is 11.4. The highest BCUT2D eigenvalue weighted by Gasteiger charge is 2.15. The van der Waals surface area contributed by atoms with Crippen LogP contribution in [0, 0.1) is 0 Å². The van der Waals surface area contributed by atoms with E-state index in [9.17, 15) is 0 Å². The van der Waals surface area contributed by atoms with Crippen molar-refractivity contribution in [1.82, 2.24) is 0 Å². The minimum atomic E-state index is 0.605. The normalized spacial score (nSPS) is 14.8. The minimum absolute atomic E-state index is 0.605. The van der Waals surface area contributed by atoms with Crippen molar-refractivity contribution in [3.63, 3.8) is 0 Å². The van der Waals surface area contributed by atoms with Gasteiger partial charge in [0.1, 0.15) is 0 Å². The summed E-state index contributed by atoms with van der Waals surface area (Å²) in [5.74, 6) is 0. The summed E-state index contributed by atoms with van der Waals surface area (Å²) < 4.78 is 5.42. The van der Waals surface area contributed by atoms with E-state index < -0.39 is 0 Å². The molecular weight excluding hydrogens is 355 g/mol. The molecule has 0 amide bonds. The van der Waals surface area contributed by atoms with Crippen molar-refractivity contribution in [3.8, 4) is 0 Å². The van der Waals surface area contributed by atoms with Gasteiger partial charge in [-0.1, -0.05) is 40.9 Å². The lowest BCUT2D eigenvalue weighted by Crippen LogP contribution is -2.36. The topological polar surface area (TPSA) is 24.5 Å². The Kier molecular flexibility index (Phi) is 5.54. The van der Waals surface area contributed by atoms with Crippen LogP contribution in [0.15, 0.2) is 36.4 Å². The van der Waals surface area contributed by atoms with Gasteiger partial charge < -0.3 is 15.0 Å². The maximum absolute atomic E-state index is 6.24. The molecule has 1 saturated heterocycles. The molecule has 0 bridgehead atoms. The number of morpholine rings is 1. The quantitative estimate of drug-likeness (QED) is 0.809. The third kappa shape index (κ3) is 4.24. The Labute approximate surface area is 151 Å². The average molecular weight is 372 g/mol.